The Balaban J connectivity index is 2.14. The van der Waals surface area contributed by atoms with Gasteiger partial charge in [-0.25, -0.2) is 4.39 Å². The van der Waals surface area contributed by atoms with Crippen LogP contribution < -0.4 is 14.9 Å². The molecule has 24 heavy (non-hydrogen) atoms. The van der Waals surface area contributed by atoms with E-state index in [1.54, 1.807) is 24.4 Å². The first-order chi connectivity index (χ1) is 11.6. The molecule has 0 aliphatic rings. The van der Waals surface area contributed by atoms with Gasteiger partial charge in [0.05, 0.1) is 30.1 Å². The quantitative estimate of drug-likeness (QED) is 0.531. The first-order valence-electron chi connectivity index (χ1n) is 7.77. The molecule has 2 aromatic rings. The van der Waals surface area contributed by atoms with Gasteiger partial charge in [-0.1, -0.05) is 18.5 Å². The number of hydrogen-bond acceptors (Lipinski definition) is 4. The third-order valence-electron chi connectivity index (χ3n) is 3.03. The lowest BCUT2D eigenvalue weighted by Crippen LogP contribution is -2.02. The number of anilines is 1. The van der Waals surface area contributed by atoms with Crippen molar-refractivity contribution in [3.05, 3.63) is 52.8 Å². The van der Waals surface area contributed by atoms with Crippen LogP contribution >= 0.6 is 11.6 Å². The molecule has 0 saturated heterocycles. The number of nitrogens with zero attached hydrogens (tertiary/aromatic N) is 1. The average molecular weight is 351 g/mol. The summed E-state index contributed by atoms with van der Waals surface area (Å²) in [5.41, 5.74) is 4.28. The van der Waals surface area contributed by atoms with E-state index in [4.69, 9.17) is 21.1 Å². The molecule has 0 aliphatic carbocycles. The van der Waals surface area contributed by atoms with Crippen LogP contribution in [0.3, 0.4) is 0 Å². The molecular formula is C18H20ClFN2O2. The summed E-state index contributed by atoms with van der Waals surface area (Å²) in [6, 6.07) is 9.50. The van der Waals surface area contributed by atoms with E-state index >= 15 is 0 Å². The predicted molar refractivity (Wildman–Crippen MR) is 96.0 cm³/mol. The zero-order valence-electron chi connectivity index (χ0n) is 13.7. The number of benzene rings is 2. The Kier molecular flexibility index (Phi) is 6.88. The van der Waals surface area contributed by atoms with Crippen LogP contribution in [0.1, 0.15) is 25.8 Å². The van der Waals surface area contributed by atoms with E-state index in [0.717, 1.165) is 12.0 Å². The highest BCUT2D eigenvalue weighted by Crippen LogP contribution is 2.36. The Morgan fingerprint density at radius 1 is 1.17 bits per heavy atom. The summed E-state index contributed by atoms with van der Waals surface area (Å²) in [5, 5.41) is 4.59. The molecular weight excluding hydrogens is 331 g/mol. The van der Waals surface area contributed by atoms with Crippen molar-refractivity contribution in [3.63, 3.8) is 0 Å². The molecule has 0 amide bonds. The van der Waals surface area contributed by atoms with E-state index in [2.05, 4.69) is 10.5 Å². The molecule has 0 aliphatic heterocycles. The molecule has 0 aromatic heterocycles. The van der Waals surface area contributed by atoms with Gasteiger partial charge < -0.3 is 9.47 Å². The number of halogens is 2. The maximum absolute atomic E-state index is 12.9. The molecule has 0 bridgehead atoms. The van der Waals surface area contributed by atoms with Crippen LogP contribution in [0.2, 0.25) is 5.02 Å². The van der Waals surface area contributed by atoms with Crippen molar-refractivity contribution < 1.29 is 13.9 Å². The summed E-state index contributed by atoms with van der Waals surface area (Å²) in [5.74, 6) is 0.839. The number of rotatable bonds is 8. The van der Waals surface area contributed by atoms with Crippen molar-refractivity contribution >= 4 is 23.5 Å². The third-order valence-corrected chi connectivity index (χ3v) is 3.31. The SMILES string of the molecule is CCCOc1c(Cl)cc(/C=N/Nc2ccc(F)cc2)cc1OCC. The molecule has 0 radical (unpaired) electrons. The minimum atomic E-state index is -0.291. The maximum Gasteiger partial charge on any atom is 0.179 e. The van der Waals surface area contributed by atoms with Crippen LogP contribution in [0.25, 0.3) is 0 Å². The number of hydrazone groups is 1. The van der Waals surface area contributed by atoms with Gasteiger partial charge in [0.15, 0.2) is 11.5 Å². The lowest BCUT2D eigenvalue weighted by molar-refractivity contribution is 0.277. The van der Waals surface area contributed by atoms with Crippen LogP contribution in [0, 0.1) is 5.82 Å². The fourth-order valence-corrected chi connectivity index (χ4v) is 2.25. The van der Waals surface area contributed by atoms with Gasteiger partial charge in [0.25, 0.3) is 0 Å². The molecule has 0 heterocycles. The Labute approximate surface area is 146 Å². The second kappa shape index (κ2) is 9.13. The minimum Gasteiger partial charge on any atom is -0.490 e. The summed E-state index contributed by atoms with van der Waals surface area (Å²) < 4.78 is 24.1. The van der Waals surface area contributed by atoms with Crippen LogP contribution in [0.4, 0.5) is 10.1 Å². The molecule has 0 saturated carbocycles. The highest BCUT2D eigenvalue weighted by atomic mass is 35.5. The van der Waals surface area contributed by atoms with E-state index in [1.165, 1.54) is 12.1 Å². The molecule has 0 atom stereocenters. The normalized spacial score (nSPS) is 10.8. The molecule has 2 rings (SSSR count). The van der Waals surface area contributed by atoms with Crippen molar-refractivity contribution in [2.24, 2.45) is 5.10 Å². The van der Waals surface area contributed by atoms with Crippen LogP contribution in [-0.4, -0.2) is 19.4 Å². The van der Waals surface area contributed by atoms with E-state index < -0.39 is 0 Å². The molecule has 2 aromatic carbocycles. The van der Waals surface area contributed by atoms with Gasteiger partial charge in [0.2, 0.25) is 0 Å². The summed E-state index contributed by atoms with van der Waals surface area (Å²) >= 11 is 6.29. The molecule has 0 unspecified atom stereocenters. The Hall–Kier alpha value is -2.27. The van der Waals surface area contributed by atoms with Gasteiger partial charge in [-0.05, 0) is 55.3 Å². The molecule has 6 heteroatoms. The fourth-order valence-electron chi connectivity index (χ4n) is 1.98. The zero-order chi connectivity index (χ0) is 17.4. The van der Waals surface area contributed by atoms with E-state index in [0.29, 0.717) is 35.4 Å². The predicted octanol–water partition coefficient (Wildman–Crippen LogP) is 5.11. The second-order valence-corrected chi connectivity index (χ2v) is 5.40. The lowest BCUT2D eigenvalue weighted by Gasteiger charge is -2.13. The molecule has 0 fully saturated rings. The first kappa shape index (κ1) is 18.1. The van der Waals surface area contributed by atoms with Gasteiger partial charge >= 0.3 is 0 Å². The van der Waals surface area contributed by atoms with Gasteiger partial charge in [-0.15, -0.1) is 0 Å². The van der Waals surface area contributed by atoms with Gasteiger partial charge in [0, 0.05) is 0 Å². The maximum atomic E-state index is 12.9. The highest BCUT2D eigenvalue weighted by molar-refractivity contribution is 6.32. The third kappa shape index (κ3) is 5.13. The molecule has 0 spiro atoms. The van der Waals surface area contributed by atoms with Gasteiger partial charge in [0.1, 0.15) is 5.82 Å². The molecule has 128 valence electrons. The van der Waals surface area contributed by atoms with Crippen molar-refractivity contribution in [1.29, 1.82) is 0 Å². The largest absolute Gasteiger partial charge is 0.490 e. The summed E-state index contributed by atoms with van der Waals surface area (Å²) in [6.45, 7) is 5.00. The monoisotopic (exact) mass is 350 g/mol. The average Bonchev–Trinajstić information content (AvgIpc) is 2.56. The number of ether oxygens (including phenoxy) is 2. The fraction of sp³-hybridized carbons (Fsp3) is 0.278. The van der Waals surface area contributed by atoms with Gasteiger partial charge in [-0.3, -0.25) is 5.43 Å². The number of hydrogen-bond donors (Lipinski definition) is 1. The Bertz CT molecular complexity index is 690. The van der Waals surface area contributed by atoms with Crippen molar-refractivity contribution in [1.82, 2.24) is 0 Å². The van der Waals surface area contributed by atoms with Crippen LogP contribution in [0.5, 0.6) is 11.5 Å². The Morgan fingerprint density at radius 2 is 1.92 bits per heavy atom. The van der Waals surface area contributed by atoms with E-state index in [1.807, 2.05) is 19.9 Å². The summed E-state index contributed by atoms with van der Waals surface area (Å²) in [7, 11) is 0. The first-order valence-corrected chi connectivity index (χ1v) is 8.15. The molecule has 1 N–H and O–H groups in total. The van der Waals surface area contributed by atoms with Crippen molar-refractivity contribution in [2.75, 3.05) is 18.6 Å². The van der Waals surface area contributed by atoms with Gasteiger partial charge in [-0.2, -0.15) is 5.10 Å². The van der Waals surface area contributed by atoms with Crippen LogP contribution in [0.15, 0.2) is 41.5 Å². The highest BCUT2D eigenvalue weighted by Gasteiger charge is 2.11. The summed E-state index contributed by atoms with van der Waals surface area (Å²) in [6.07, 6.45) is 2.49. The van der Waals surface area contributed by atoms with Crippen LogP contribution in [-0.2, 0) is 0 Å². The smallest absolute Gasteiger partial charge is 0.179 e. The topological polar surface area (TPSA) is 42.8 Å². The van der Waals surface area contributed by atoms with Crippen molar-refractivity contribution in [3.8, 4) is 11.5 Å². The standard InChI is InChI=1S/C18H20ClFN2O2/c1-3-9-24-18-16(19)10-13(11-17(18)23-4-2)12-21-22-15-7-5-14(20)6-8-15/h5-8,10-12,22H,3-4,9H2,1-2H3/b21-12+. The molecule has 4 nitrogen and oxygen atoms in total. The lowest BCUT2D eigenvalue weighted by atomic mass is 10.2. The minimum absolute atomic E-state index is 0.291. The van der Waals surface area contributed by atoms with E-state index in [9.17, 15) is 4.39 Å². The van der Waals surface area contributed by atoms with E-state index in [-0.39, 0.29) is 5.82 Å². The number of nitrogens with one attached hydrogen (secondary N) is 1. The zero-order valence-corrected chi connectivity index (χ0v) is 14.4. The Morgan fingerprint density at radius 3 is 2.58 bits per heavy atom. The summed E-state index contributed by atoms with van der Waals surface area (Å²) in [4.78, 5) is 0. The second-order valence-electron chi connectivity index (χ2n) is 4.99. The van der Waals surface area contributed by atoms with Crippen molar-refractivity contribution in [2.45, 2.75) is 20.3 Å².